The Morgan fingerprint density at radius 2 is 1.78 bits per heavy atom. The maximum Gasteiger partial charge on any atom is 0.251 e. The second-order valence-corrected chi connectivity index (χ2v) is 6.27. The van der Waals surface area contributed by atoms with Crippen LogP contribution < -0.4 is 10.1 Å². The van der Waals surface area contributed by atoms with Crippen LogP contribution in [0.5, 0.6) is 5.75 Å². The lowest BCUT2D eigenvalue weighted by atomic mass is 10.00. The molecule has 1 amide bonds. The molecule has 0 spiro atoms. The second kappa shape index (κ2) is 7.82. The van der Waals surface area contributed by atoms with Gasteiger partial charge in [-0.2, -0.15) is 0 Å². The second-order valence-electron chi connectivity index (χ2n) is 6.27. The average Bonchev–Trinajstić information content (AvgIpc) is 2.55. The summed E-state index contributed by atoms with van der Waals surface area (Å²) in [6.07, 6.45) is 1.07. The van der Waals surface area contributed by atoms with Gasteiger partial charge in [0.05, 0.1) is 13.2 Å². The van der Waals surface area contributed by atoms with Gasteiger partial charge in [-0.3, -0.25) is 4.79 Å². The number of rotatable bonds is 6. The van der Waals surface area contributed by atoms with Gasteiger partial charge in [-0.05, 0) is 48.6 Å². The Morgan fingerprint density at radius 1 is 1.09 bits per heavy atom. The number of methoxy groups -OCH3 is 1. The SMILES string of the molecule is COc1cccc(C(=O)N[C@@H](C)c2ccc(CC(C)C)cc2)c1. The van der Waals surface area contributed by atoms with E-state index in [9.17, 15) is 4.79 Å². The van der Waals surface area contributed by atoms with Crippen molar-refractivity contribution >= 4 is 5.91 Å². The molecule has 3 nitrogen and oxygen atoms in total. The number of ether oxygens (including phenoxy) is 1. The molecule has 0 saturated carbocycles. The normalized spacial score (nSPS) is 12.0. The fourth-order valence-electron chi connectivity index (χ4n) is 2.54. The maximum atomic E-state index is 12.3. The van der Waals surface area contributed by atoms with Gasteiger partial charge in [0.2, 0.25) is 0 Å². The molecule has 2 rings (SSSR count). The molecule has 0 heterocycles. The maximum absolute atomic E-state index is 12.3. The first-order valence-electron chi connectivity index (χ1n) is 8.03. The third-order valence-corrected chi connectivity index (χ3v) is 3.80. The quantitative estimate of drug-likeness (QED) is 0.859. The highest BCUT2D eigenvalue weighted by Gasteiger charge is 2.12. The Kier molecular flexibility index (Phi) is 5.80. The summed E-state index contributed by atoms with van der Waals surface area (Å²) in [6.45, 7) is 6.42. The molecule has 3 heteroatoms. The highest BCUT2D eigenvalue weighted by atomic mass is 16.5. The zero-order valence-corrected chi connectivity index (χ0v) is 14.3. The van der Waals surface area contributed by atoms with Crippen LogP contribution in [-0.2, 0) is 6.42 Å². The van der Waals surface area contributed by atoms with Crippen LogP contribution in [0.2, 0.25) is 0 Å². The number of hydrogen-bond donors (Lipinski definition) is 1. The van der Waals surface area contributed by atoms with Gasteiger partial charge in [0.1, 0.15) is 5.75 Å². The molecule has 0 aromatic heterocycles. The predicted molar refractivity (Wildman–Crippen MR) is 93.9 cm³/mol. The first-order chi connectivity index (χ1) is 11.0. The Labute approximate surface area is 138 Å². The van der Waals surface area contributed by atoms with Gasteiger partial charge in [0, 0.05) is 5.56 Å². The lowest BCUT2D eigenvalue weighted by molar-refractivity contribution is 0.0939. The summed E-state index contributed by atoms with van der Waals surface area (Å²) < 4.78 is 5.16. The van der Waals surface area contributed by atoms with E-state index in [0.29, 0.717) is 17.2 Å². The van der Waals surface area contributed by atoms with E-state index in [1.54, 1.807) is 19.2 Å². The molecule has 23 heavy (non-hydrogen) atoms. The van der Waals surface area contributed by atoms with E-state index in [-0.39, 0.29) is 11.9 Å². The Morgan fingerprint density at radius 3 is 2.39 bits per heavy atom. The summed E-state index contributed by atoms with van der Waals surface area (Å²) in [5.41, 5.74) is 3.04. The van der Waals surface area contributed by atoms with Crippen molar-refractivity contribution in [2.24, 2.45) is 5.92 Å². The Bertz CT molecular complexity index is 647. The molecular formula is C20H25NO2. The lowest BCUT2D eigenvalue weighted by Crippen LogP contribution is -2.26. The molecule has 0 radical (unpaired) electrons. The van der Waals surface area contributed by atoms with Crippen LogP contribution in [0.25, 0.3) is 0 Å². The van der Waals surface area contributed by atoms with Crippen LogP contribution in [0.4, 0.5) is 0 Å². The van der Waals surface area contributed by atoms with Gasteiger partial charge < -0.3 is 10.1 Å². The minimum atomic E-state index is -0.0948. The molecule has 122 valence electrons. The monoisotopic (exact) mass is 311 g/mol. The van der Waals surface area contributed by atoms with Gasteiger partial charge in [-0.1, -0.05) is 44.2 Å². The zero-order valence-electron chi connectivity index (χ0n) is 14.3. The smallest absolute Gasteiger partial charge is 0.251 e. The summed E-state index contributed by atoms with van der Waals surface area (Å²) >= 11 is 0. The predicted octanol–water partition coefficient (Wildman–Crippen LogP) is 4.38. The largest absolute Gasteiger partial charge is 0.497 e. The molecular weight excluding hydrogens is 286 g/mol. The standard InChI is InChI=1S/C20H25NO2/c1-14(2)12-16-8-10-17(11-9-16)15(3)21-20(22)18-6-5-7-19(13-18)23-4/h5-11,13-15H,12H2,1-4H3,(H,21,22)/t15-/m0/s1. The van der Waals surface area contributed by atoms with Crippen LogP contribution in [0.3, 0.4) is 0 Å². The molecule has 0 aliphatic rings. The highest BCUT2D eigenvalue weighted by Crippen LogP contribution is 2.17. The van der Waals surface area contributed by atoms with Crippen molar-refractivity contribution < 1.29 is 9.53 Å². The first-order valence-corrected chi connectivity index (χ1v) is 8.03. The number of carbonyl (C=O) groups excluding carboxylic acids is 1. The van der Waals surface area contributed by atoms with E-state index in [1.807, 2.05) is 19.1 Å². The van der Waals surface area contributed by atoms with Crippen molar-refractivity contribution in [3.05, 3.63) is 65.2 Å². The number of benzene rings is 2. The van der Waals surface area contributed by atoms with E-state index in [4.69, 9.17) is 4.74 Å². The fourth-order valence-corrected chi connectivity index (χ4v) is 2.54. The Hall–Kier alpha value is -2.29. The zero-order chi connectivity index (χ0) is 16.8. The minimum absolute atomic E-state index is 0.0400. The molecule has 1 N–H and O–H groups in total. The molecule has 0 unspecified atom stereocenters. The van der Waals surface area contributed by atoms with Crippen LogP contribution in [-0.4, -0.2) is 13.0 Å². The van der Waals surface area contributed by atoms with Crippen molar-refractivity contribution in [2.45, 2.75) is 33.2 Å². The van der Waals surface area contributed by atoms with Crippen LogP contribution in [0.1, 0.15) is 48.3 Å². The third kappa shape index (κ3) is 4.85. The summed E-state index contributed by atoms with van der Waals surface area (Å²) in [5, 5.41) is 3.03. The summed E-state index contributed by atoms with van der Waals surface area (Å²) in [6, 6.07) is 15.6. The van der Waals surface area contributed by atoms with E-state index >= 15 is 0 Å². The molecule has 2 aromatic carbocycles. The summed E-state index contributed by atoms with van der Waals surface area (Å²) in [4.78, 5) is 12.3. The average molecular weight is 311 g/mol. The van der Waals surface area contributed by atoms with Crippen LogP contribution in [0, 0.1) is 5.92 Å². The number of hydrogen-bond acceptors (Lipinski definition) is 2. The van der Waals surface area contributed by atoms with E-state index in [1.165, 1.54) is 5.56 Å². The molecule has 0 aliphatic carbocycles. The molecule has 2 aromatic rings. The van der Waals surface area contributed by atoms with E-state index in [2.05, 4.69) is 43.4 Å². The van der Waals surface area contributed by atoms with Gasteiger partial charge in [-0.25, -0.2) is 0 Å². The molecule has 1 atom stereocenters. The lowest BCUT2D eigenvalue weighted by Gasteiger charge is -2.15. The van der Waals surface area contributed by atoms with Crippen molar-refractivity contribution in [3.8, 4) is 5.75 Å². The topological polar surface area (TPSA) is 38.3 Å². The van der Waals surface area contributed by atoms with Crippen LogP contribution in [0.15, 0.2) is 48.5 Å². The van der Waals surface area contributed by atoms with E-state index < -0.39 is 0 Å². The number of nitrogens with one attached hydrogen (secondary N) is 1. The third-order valence-electron chi connectivity index (χ3n) is 3.80. The van der Waals surface area contributed by atoms with Gasteiger partial charge in [-0.15, -0.1) is 0 Å². The van der Waals surface area contributed by atoms with Crippen molar-refractivity contribution in [2.75, 3.05) is 7.11 Å². The van der Waals surface area contributed by atoms with Gasteiger partial charge in [0.15, 0.2) is 0 Å². The first kappa shape index (κ1) is 17.1. The molecule has 0 saturated heterocycles. The molecule has 0 aliphatic heterocycles. The van der Waals surface area contributed by atoms with Crippen molar-refractivity contribution in [1.82, 2.24) is 5.32 Å². The molecule has 0 fully saturated rings. The fraction of sp³-hybridized carbons (Fsp3) is 0.350. The minimum Gasteiger partial charge on any atom is -0.497 e. The summed E-state index contributed by atoms with van der Waals surface area (Å²) in [5.74, 6) is 1.23. The molecule has 0 bridgehead atoms. The highest BCUT2D eigenvalue weighted by molar-refractivity contribution is 5.94. The van der Waals surface area contributed by atoms with Gasteiger partial charge >= 0.3 is 0 Å². The Balaban J connectivity index is 2.02. The van der Waals surface area contributed by atoms with Gasteiger partial charge in [0.25, 0.3) is 5.91 Å². The van der Waals surface area contributed by atoms with E-state index in [0.717, 1.165) is 12.0 Å². The number of amides is 1. The number of carbonyl (C=O) groups is 1. The van der Waals surface area contributed by atoms with Crippen molar-refractivity contribution in [1.29, 1.82) is 0 Å². The van der Waals surface area contributed by atoms with Crippen LogP contribution >= 0.6 is 0 Å². The van der Waals surface area contributed by atoms with Crippen molar-refractivity contribution in [3.63, 3.8) is 0 Å². The summed E-state index contributed by atoms with van der Waals surface area (Å²) in [7, 11) is 1.60.